The molecule has 2 aliphatic rings. The Kier molecular flexibility index (Phi) is 9.69. The van der Waals surface area contributed by atoms with Crippen LogP contribution in [-0.4, -0.2) is 58.9 Å². The highest BCUT2D eigenvalue weighted by atomic mass is 32.2. The largest absolute Gasteiger partial charge is 0.468 e. The van der Waals surface area contributed by atoms with Crippen LogP contribution in [0.5, 0.6) is 0 Å². The number of hydrogen-bond donors (Lipinski definition) is 0. The average molecular weight is 624 g/mol. The van der Waals surface area contributed by atoms with Crippen molar-refractivity contribution >= 4 is 24.1 Å². The summed E-state index contributed by atoms with van der Waals surface area (Å²) in [5, 5.41) is -0.753. The molecule has 7 nitrogen and oxygen atoms in total. The molecule has 1 heterocycles. The molecule has 1 aliphatic heterocycles. The molecular formula is C31H43F2NO6SSi. The summed E-state index contributed by atoms with van der Waals surface area (Å²) in [6.07, 6.45) is 1.23. The Bertz CT molecular complexity index is 1380. The van der Waals surface area contributed by atoms with Gasteiger partial charge in [0.25, 0.3) is 0 Å². The lowest BCUT2D eigenvalue weighted by molar-refractivity contribution is -0.201. The minimum absolute atomic E-state index is 0.0421. The maximum absolute atomic E-state index is 15.7. The summed E-state index contributed by atoms with van der Waals surface area (Å²) in [4.78, 5) is 13.0. The Morgan fingerprint density at radius 3 is 2.36 bits per heavy atom. The molecule has 0 aromatic heterocycles. The first-order chi connectivity index (χ1) is 19.6. The van der Waals surface area contributed by atoms with Gasteiger partial charge in [-0.05, 0) is 63.3 Å². The predicted octanol–water partition coefficient (Wildman–Crippen LogP) is 6.31. The first kappa shape index (κ1) is 32.7. The third kappa shape index (κ3) is 6.80. The lowest BCUT2D eigenvalue weighted by Crippen LogP contribution is -2.59. The molecule has 0 spiro atoms. The van der Waals surface area contributed by atoms with E-state index in [4.69, 9.17) is 14.2 Å². The van der Waals surface area contributed by atoms with Gasteiger partial charge >= 0.3 is 5.97 Å². The van der Waals surface area contributed by atoms with Crippen molar-refractivity contribution in [2.24, 2.45) is 0 Å². The average Bonchev–Trinajstić information content (AvgIpc) is 2.90. The van der Waals surface area contributed by atoms with Gasteiger partial charge in [-0.2, -0.15) is 4.31 Å². The minimum atomic E-state index is -3.84. The molecule has 2 aromatic carbocycles. The molecular weight excluding hydrogens is 580 g/mol. The number of sulfonamides is 1. The van der Waals surface area contributed by atoms with Crippen molar-refractivity contribution in [3.8, 4) is 0 Å². The standard InChI is InChI=1S/C31H43F2NO6SSi/c1-22-12-13-28(23-10-8-7-9-11-23)41(36,37)34(22)18-24-16-27(33)25(17-26(24)32)31(29(35)38-3)19-30(2,20-31)40-21-39-14-15-42(4,5)6/h7-11,16-17,22,28H,12-15,18-21H2,1-6H3/t22?,28?,30-,31-. The van der Waals surface area contributed by atoms with Gasteiger partial charge in [-0.3, -0.25) is 4.79 Å². The van der Waals surface area contributed by atoms with Crippen LogP contribution in [0.1, 0.15) is 61.5 Å². The fraction of sp³-hybridized carbons (Fsp3) is 0.581. The van der Waals surface area contributed by atoms with Crippen molar-refractivity contribution in [3.63, 3.8) is 0 Å². The van der Waals surface area contributed by atoms with Crippen molar-refractivity contribution in [2.45, 2.75) is 94.1 Å². The van der Waals surface area contributed by atoms with Crippen LogP contribution in [0.25, 0.3) is 0 Å². The fourth-order valence-electron chi connectivity index (χ4n) is 6.18. The van der Waals surface area contributed by atoms with E-state index in [-0.39, 0.29) is 43.3 Å². The molecule has 4 rings (SSSR count). The van der Waals surface area contributed by atoms with E-state index in [9.17, 15) is 13.2 Å². The Hall–Kier alpha value is -2.18. The molecule has 0 N–H and O–H groups in total. The SMILES string of the molecule is COC(=O)[C@]1(c2cc(F)c(CN3C(C)CCC(c4ccccc4)S3(=O)=O)cc2F)C[C@@](C)(OCOCC[Si](C)(C)C)C1. The predicted molar refractivity (Wildman–Crippen MR) is 160 cm³/mol. The number of carbonyl (C=O) groups excluding carboxylic acids is 1. The Morgan fingerprint density at radius 2 is 1.74 bits per heavy atom. The summed E-state index contributed by atoms with van der Waals surface area (Å²) in [5.74, 6) is -2.23. The van der Waals surface area contributed by atoms with Gasteiger partial charge in [0.2, 0.25) is 10.0 Å². The molecule has 2 aromatic rings. The van der Waals surface area contributed by atoms with Gasteiger partial charge in [-0.15, -0.1) is 0 Å². The molecule has 11 heteroatoms. The topological polar surface area (TPSA) is 82.1 Å². The number of methoxy groups -OCH3 is 1. The van der Waals surface area contributed by atoms with Crippen LogP contribution in [0.15, 0.2) is 42.5 Å². The van der Waals surface area contributed by atoms with Gasteiger partial charge in [0.15, 0.2) is 0 Å². The minimum Gasteiger partial charge on any atom is -0.468 e. The summed E-state index contributed by atoms with van der Waals surface area (Å²) in [6, 6.07) is 11.6. The highest BCUT2D eigenvalue weighted by Crippen LogP contribution is 2.54. The number of hydrogen-bond acceptors (Lipinski definition) is 6. The molecule has 2 fully saturated rings. The highest BCUT2D eigenvalue weighted by Gasteiger charge is 2.60. The van der Waals surface area contributed by atoms with Crippen molar-refractivity contribution in [3.05, 3.63) is 70.8 Å². The summed E-state index contributed by atoms with van der Waals surface area (Å²) >= 11 is 0. The van der Waals surface area contributed by atoms with Crippen molar-refractivity contribution < 1.29 is 36.2 Å². The number of carbonyl (C=O) groups is 1. The first-order valence-electron chi connectivity index (χ1n) is 14.5. The van der Waals surface area contributed by atoms with Crippen LogP contribution in [0.3, 0.4) is 0 Å². The molecule has 0 amide bonds. The molecule has 0 bridgehead atoms. The Balaban J connectivity index is 1.53. The van der Waals surface area contributed by atoms with Crippen molar-refractivity contribution in [1.29, 1.82) is 0 Å². The summed E-state index contributed by atoms with van der Waals surface area (Å²) in [7, 11) is -3.87. The monoisotopic (exact) mass is 623 g/mol. The van der Waals surface area contributed by atoms with E-state index in [2.05, 4.69) is 19.6 Å². The van der Waals surface area contributed by atoms with E-state index < -0.39 is 52.0 Å². The lowest BCUT2D eigenvalue weighted by atomic mass is 9.56. The summed E-state index contributed by atoms with van der Waals surface area (Å²) in [6.45, 7) is 10.6. The second-order valence-electron chi connectivity index (χ2n) is 13.2. The number of nitrogens with zero attached hydrogens (tertiary/aromatic N) is 1. The first-order valence-corrected chi connectivity index (χ1v) is 19.7. The Morgan fingerprint density at radius 1 is 1.07 bits per heavy atom. The zero-order chi connectivity index (χ0) is 30.9. The van der Waals surface area contributed by atoms with Gasteiger partial charge < -0.3 is 14.2 Å². The van der Waals surface area contributed by atoms with Crippen LogP contribution in [0.2, 0.25) is 25.7 Å². The molecule has 2 unspecified atom stereocenters. The number of benzene rings is 2. The quantitative estimate of drug-likeness (QED) is 0.126. The number of esters is 1. The van der Waals surface area contributed by atoms with E-state index in [1.54, 1.807) is 31.2 Å². The summed E-state index contributed by atoms with van der Waals surface area (Å²) in [5.41, 5.74) is -1.73. The van der Waals surface area contributed by atoms with E-state index >= 15 is 8.78 Å². The third-order valence-electron chi connectivity index (χ3n) is 8.59. The summed E-state index contributed by atoms with van der Waals surface area (Å²) < 4.78 is 76.4. The van der Waals surface area contributed by atoms with E-state index in [1.165, 1.54) is 11.4 Å². The molecule has 0 radical (unpaired) electrons. The van der Waals surface area contributed by atoms with Crippen LogP contribution < -0.4 is 0 Å². The smallest absolute Gasteiger partial charge is 0.316 e. The van der Waals surface area contributed by atoms with E-state index in [0.29, 0.717) is 25.0 Å². The highest BCUT2D eigenvalue weighted by molar-refractivity contribution is 7.89. The van der Waals surface area contributed by atoms with Crippen LogP contribution in [0.4, 0.5) is 8.78 Å². The zero-order valence-electron chi connectivity index (χ0n) is 25.4. The van der Waals surface area contributed by atoms with Crippen LogP contribution in [0, 0.1) is 11.6 Å². The van der Waals surface area contributed by atoms with Crippen LogP contribution in [-0.2, 0) is 41.0 Å². The van der Waals surface area contributed by atoms with Gasteiger partial charge in [0.1, 0.15) is 29.1 Å². The second kappa shape index (κ2) is 12.4. The second-order valence-corrected chi connectivity index (χ2v) is 20.9. The fourth-order valence-corrected chi connectivity index (χ4v) is 9.13. The van der Waals surface area contributed by atoms with Gasteiger partial charge in [-0.25, -0.2) is 17.2 Å². The van der Waals surface area contributed by atoms with Gasteiger partial charge in [-0.1, -0.05) is 50.0 Å². The Labute approximate surface area is 249 Å². The zero-order valence-corrected chi connectivity index (χ0v) is 27.2. The van der Waals surface area contributed by atoms with E-state index in [0.717, 1.165) is 18.2 Å². The van der Waals surface area contributed by atoms with Crippen molar-refractivity contribution in [2.75, 3.05) is 20.5 Å². The molecule has 1 aliphatic carbocycles. The maximum Gasteiger partial charge on any atom is 0.316 e. The van der Waals surface area contributed by atoms with Crippen LogP contribution >= 0.6 is 0 Å². The molecule has 232 valence electrons. The lowest BCUT2D eigenvalue weighted by Gasteiger charge is -2.52. The van der Waals surface area contributed by atoms with Gasteiger partial charge in [0, 0.05) is 38.4 Å². The molecule has 1 saturated heterocycles. The maximum atomic E-state index is 15.7. The van der Waals surface area contributed by atoms with Crippen molar-refractivity contribution in [1.82, 2.24) is 4.31 Å². The number of rotatable bonds is 11. The molecule has 2 atom stereocenters. The molecule has 1 saturated carbocycles. The van der Waals surface area contributed by atoms with Gasteiger partial charge in [0.05, 0.1) is 12.7 Å². The number of ether oxygens (including phenoxy) is 3. The third-order valence-corrected chi connectivity index (χ3v) is 12.7. The normalized spacial score (nSPS) is 27.8. The van der Waals surface area contributed by atoms with E-state index in [1.807, 2.05) is 13.0 Å². The number of halogens is 2. The molecule has 42 heavy (non-hydrogen) atoms.